The molecule has 1 amide bonds. The zero-order chi connectivity index (χ0) is 11.4. The molecule has 1 rings (SSSR count). The molecule has 0 aliphatic heterocycles. The number of carbonyl (C=O) groups is 1. The predicted octanol–water partition coefficient (Wildman–Crippen LogP) is 2.94. The Kier molecular flexibility index (Phi) is 4.98. The molecule has 1 aromatic rings. The van der Waals surface area contributed by atoms with E-state index in [4.69, 9.17) is 0 Å². The van der Waals surface area contributed by atoms with Crippen molar-refractivity contribution in [1.29, 1.82) is 0 Å². The monoisotopic (exact) mass is 385 g/mol. The molecule has 5 heteroatoms. The maximum Gasteiger partial charge on any atom is 0.252 e. The van der Waals surface area contributed by atoms with E-state index in [1.807, 2.05) is 29.5 Å². The van der Waals surface area contributed by atoms with Gasteiger partial charge in [-0.2, -0.15) is 0 Å². The predicted molar refractivity (Wildman–Crippen MR) is 69.8 cm³/mol. The second-order valence-corrected chi connectivity index (χ2v) is 4.96. The number of benzene rings is 1. The average molecular weight is 386 g/mol. The molecule has 0 spiro atoms. The molecule has 0 aliphatic rings. The Labute approximate surface area is 110 Å². The molecule has 0 aliphatic carbocycles. The third-order valence-corrected chi connectivity index (χ3v) is 3.65. The van der Waals surface area contributed by atoms with Crippen LogP contribution in [0.25, 0.3) is 0 Å². The number of nitrogens with one attached hydrogen (secondary N) is 1. The largest absolute Gasteiger partial charge is 0.349 e. The fraction of sp³-hybridized carbons (Fsp3) is 0.300. The van der Waals surface area contributed by atoms with Crippen molar-refractivity contribution in [3.05, 3.63) is 33.1 Å². The van der Waals surface area contributed by atoms with Crippen molar-refractivity contribution in [3.63, 3.8) is 0 Å². The highest BCUT2D eigenvalue weighted by molar-refractivity contribution is 14.1. The summed E-state index contributed by atoms with van der Waals surface area (Å²) in [7, 11) is 0. The van der Waals surface area contributed by atoms with Gasteiger partial charge in [-0.15, -0.1) is 0 Å². The summed E-state index contributed by atoms with van der Waals surface area (Å²) in [5, 5.41) is 3.48. The van der Waals surface area contributed by atoms with Crippen LogP contribution in [0.2, 0.25) is 0 Å². The summed E-state index contributed by atoms with van der Waals surface area (Å²) in [6, 6.07) is 4.18. The number of rotatable bonds is 3. The normalized spacial score (nSPS) is 12.3. The quantitative estimate of drug-likeness (QED) is 0.629. The zero-order valence-corrected chi connectivity index (χ0v) is 11.8. The summed E-state index contributed by atoms with van der Waals surface area (Å²) in [4.78, 5) is 11.7. The maximum atomic E-state index is 12.8. The molecule has 1 unspecified atom stereocenters. The number of alkyl halides is 1. The Bertz CT molecular complexity index is 372. The number of carbonyl (C=O) groups excluding carboxylic acids is 1. The van der Waals surface area contributed by atoms with E-state index < -0.39 is 0 Å². The van der Waals surface area contributed by atoms with Gasteiger partial charge in [0.05, 0.1) is 5.56 Å². The lowest BCUT2D eigenvalue weighted by Crippen LogP contribution is -2.34. The topological polar surface area (TPSA) is 29.1 Å². The fourth-order valence-corrected chi connectivity index (χ4v) is 1.90. The van der Waals surface area contributed by atoms with Gasteiger partial charge in [0.25, 0.3) is 5.91 Å². The van der Waals surface area contributed by atoms with E-state index in [9.17, 15) is 9.18 Å². The summed E-state index contributed by atoms with van der Waals surface area (Å²) in [5.41, 5.74) is 0.504. The van der Waals surface area contributed by atoms with Crippen LogP contribution in [0.3, 0.4) is 0 Å². The third-order valence-electron chi connectivity index (χ3n) is 1.78. The molecule has 1 aromatic carbocycles. The van der Waals surface area contributed by atoms with Crippen molar-refractivity contribution in [3.8, 4) is 0 Å². The van der Waals surface area contributed by atoms with Crippen molar-refractivity contribution in [1.82, 2.24) is 5.32 Å². The van der Waals surface area contributed by atoms with Crippen molar-refractivity contribution >= 4 is 44.4 Å². The van der Waals surface area contributed by atoms with Gasteiger partial charge in [-0.1, -0.05) is 15.9 Å². The lowest BCUT2D eigenvalue weighted by Gasteiger charge is -2.11. The Morgan fingerprint density at radius 2 is 2.33 bits per heavy atom. The number of hydrogen-bond donors (Lipinski definition) is 1. The molecule has 0 radical (unpaired) electrons. The van der Waals surface area contributed by atoms with Crippen LogP contribution in [0.5, 0.6) is 0 Å². The van der Waals surface area contributed by atoms with Crippen LogP contribution < -0.4 is 5.32 Å². The smallest absolute Gasteiger partial charge is 0.252 e. The molecule has 1 atom stereocenters. The van der Waals surface area contributed by atoms with Crippen molar-refractivity contribution in [2.45, 2.75) is 13.0 Å². The first-order valence-corrected chi connectivity index (χ1v) is 6.56. The Balaban J connectivity index is 2.82. The van der Waals surface area contributed by atoms with Gasteiger partial charge in [-0.3, -0.25) is 4.79 Å². The van der Waals surface area contributed by atoms with Gasteiger partial charge in [0.15, 0.2) is 0 Å². The van der Waals surface area contributed by atoms with Gasteiger partial charge in [-0.05, 0) is 47.7 Å². The molecule has 0 aromatic heterocycles. The summed E-state index contributed by atoms with van der Waals surface area (Å²) < 4.78 is 13.4. The van der Waals surface area contributed by atoms with Crippen LogP contribution in [-0.4, -0.2) is 17.3 Å². The van der Waals surface area contributed by atoms with E-state index in [1.165, 1.54) is 18.2 Å². The zero-order valence-electron chi connectivity index (χ0n) is 8.06. The minimum Gasteiger partial charge on any atom is -0.349 e. The van der Waals surface area contributed by atoms with E-state index in [1.54, 1.807) is 0 Å². The highest BCUT2D eigenvalue weighted by atomic mass is 127. The SMILES string of the molecule is CC(CBr)NC(=O)c1ccc(F)cc1I. The fourth-order valence-electron chi connectivity index (χ4n) is 1.01. The first-order chi connectivity index (χ1) is 7.04. The summed E-state index contributed by atoms with van der Waals surface area (Å²) in [6.07, 6.45) is 0. The van der Waals surface area contributed by atoms with Crippen LogP contribution in [0.4, 0.5) is 4.39 Å². The summed E-state index contributed by atoms with van der Waals surface area (Å²) in [5.74, 6) is -0.504. The van der Waals surface area contributed by atoms with E-state index in [2.05, 4.69) is 21.2 Å². The molecule has 1 N–H and O–H groups in total. The van der Waals surface area contributed by atoms with E-state index in [0.29, 0.717) is 14.5 Å². The van der Waals surface area contributed by atoms with Gasteiger partial charge in [0.2, 0.25) is 0 Å². The minimum atomic E-state index is -0.329. The Morgan fingerprint density at radius 3 is 2.87 bits per heavy atom. The molecular weight excluding hydrogens is 376 g/mol. The average Bonchev–Trinajstić information content (AvgIpc) is 2.17. The maximum absolute atomic E-state index is 12.8. The molecule has 15 heavy (non-hydrogen) atoms. The van der Waals surface area contributed by atoms with Crippen LogP contribution in [-0.2, 0) is 0 Å². The van der Waals surface area contributed by atoms with Crippen LogP contribution in [0.1, 0.15) is 17.3 Å². The number of hydrogen-bond acceptors (Lipinski definition) is 1. The number of amides is 1. The first kappa shape index (κ1) is 12.9. The second-order valence-electron chi connectivity index (χ2n) is 3.15. The third kappa shape index (κ3) is 3.71. The van der Waals surface area contributed by atoms with Gasteiger partial charge < -0.3 is 5.32 Å². The highest BCUT2D eigenvalue weighted by Gasteiger charge is 2.12. The molecule has 0 heterocycles. The molecule has 0 fully saturated rings. The summed E-state index contributed by atoms with van der Waals surface area (Å²) >= 11 is 5.22. The Morgan fingerprint density at radius 1 is 1.67 bits per heavy atom. The van der Waals surface area contributed by atoms with Gasteiger partial charge >= 0.3 is 0 Å². The van der Waals surface area contributed by atoms with E-state index in [-0.39, 0.29) is 17.8 Å². The molecule has 0 saturated heterocycles. The van der Waals surface area contributed by atoms with Crippen molar-refractivity contribution < 1.29 is 9.18 Å². The molecule has 0 bridgehead atoms. The molecule has 0 saturated carbocycles. The second kappa shape index (κ2) is 5.79. The van der Waals surface area contributed by atoms with Crippen molar-refractivity contribution in [2.75, 3.05) is 5.33 Å². The van der Waals surface area contributed by atoms with Crippen LogP contribution in [0, 0.1) is 9.39 Å². The van der Waals surface area contributed by atoms with Gasteiger partial charge in [0, 0.05) is 14.9 Å². The van der Waals surface area contributed by atoms with Crippen LogP contribution in [0.15, 0.2) is 18.2 Å². The lowest BCUT2D eigenvalue weighted by molar-refractivity contribution is 0.0943. The molecule has 82 valence electrons. The van der Waals surface area contributed by atoms with Gasteiger partial charge in [0.1, 0.15) is 5.82 Å². The van der Waals surface area contributed by atoms with E-state index >= 15 is 0 Å². The lowest BCUT2D eigenvalue weighted by atomic mass is 10.2. The molecular formula is C10H10BrFINO. The van der Waals surface area contributed by atoms with Crippen molar-refractivity contribution in [2.24, 2.45) is 0 Å². The Hall–Kier alpha value is -0.170. The minimum absolute atomic E-state index is 0.0540. The van der Waals surface area contributed by atoms with Gasteiger partial charge in [-0.25, -0.2) is 4.39 Å². The summed E-state index contributed by atoms with van der Waals surface area (Å²) in [6.45, 7) is 1.89. The van der Waals surface area contributed by atoms with Crippen LogP contribution >= 0.6 is 38.5 Å². The first-order valence-electron chi connectivity index (χ1n) is 4.36. The molecule has 2 nitrogen and oxygen atoms in total. The van der Waals surface area contributed by atoms with E-state index in [0.717, 1.165) is 0 Å². The highest BCUT2D eigenvalue weighted by Crippen LogP contribution is 2.14. The standard InChI is InChI=1S/C10H10BrFINO/c1-6(5-11)14-10(15)8-3-2-7(12)4-9(8)13/h2-4,6H,5H2,1H3,(H,14,15). The number of halogens is 3.